The molecule has 112 valence electrons. The minimum atomic E-state index is -0.0376. The van der Waals surface area contributed by atoms with Crippen molar-refractivity contribution in [1.82, 2.24) is 10.2 Å². The van der Waals surface area contributed by atoms with Gasteiger partial charge in [-0.05, 0) is 46.1 Å². The average molecular weight is 270 g/mol. The molecule has 0 aromatic carbocycles. The summed E-state index contributed by atoms with van der Waals surface area (Å²) >= 11 is 0. The van der Waals surface area contributed by atoms with Gasteiger partial charge in [0.15, 0.2) is 6.29 Å². The quantitative estimate of drug-likeness (QED) is 0.714. The number of ether oxygens (including phenoxy) is 2. The van der Waals surface area contributed by atoms with Crippen LogP contribution in [0.4, 0.5) is 0 Å². The standard InChI is InChI=1S/C15H30N2O2/c1-5-18-14(19-6-2)7-8-17-11-12-9-16-10-13(12)15(17,3)4/h12-14,16H,5-11H2,1-4H3. The van der Waals surface area contributed by atoms with Gasteiger partial charge >= 0.3 is 0 Å². The van der Waals surface area contributed by atoms with Gasteiger partial charge in [0.1, 0.15) is 0 Å². The molecule has 2 atom stereocenters. The van der Waals surface area contributed by atoms with Crippen LogP contribution < -0.4 is 5.32 Å². The van der Waals surface area contributed by atoms with Gasteiger partial charge in [0.2, 0.25) is 0 Å². The minimum Gasteiger partial charge on any atom is -0.353 e. The van der Waals surface area contributed by atoms with Gasteiger partial charge in [0.05, 0.1) is 0 Å². The van der Waals surface area contributed by atoms with Crippen LogP contribution in [0.1, 0.15) is 34.1 Å². The first-order chi connectivity index (χ1) is 9.09. The second-order valence-corrected chi connectivity index (χ2v) is 6.25. The zero-order chi connectivity index (χ0) is 13.9. The topological polar surface area (TPSA) is 33.7 Å². The molecule has 4 heteroatoms. The molecule has 0 spiro atoms. The highest BCUT2D eigenvalue weighted by molar-refractivity contribution is 5.04. The Kier molecular flexibility index (Phi) is 5.23. The van der Waals surface area contributed by atoms with Gasteiger partial charge in [-0.15, -0.1) is 0 Å². The summed E-state index contributed by atoms with van der Waals surface area (Å²) in [5, 5.41) is 3.53. The van der Waals surface area contributed by atoms with Crippen LogP contribution in [-0.2, 0) is 9.47 Å². The molecule has 0 amide bonds. The number of nitrogens with zero attached hydrogens (tertiary/aromatic N) is 1. The number of fused-ring (bicyclic) bond motifs is 1. The lowest BCUT2D eigenvalue weighted by atomic mass is 9.85. The van der Waals surface area contributed by atoms with Crippen molar-refractivity contribution < 1.29 is 9.47 Å². The molecule has 19 heavy (non-hydrogen) atoms. The summed E-state index contributed by atoms with van der Waals surface area (Å²) < 4.78 is 11.3. The summed E-state index contributed by atoms with van der Waals surface area (Å²) in [6.45, 7) is 14.9. The van der Waals surface area contributed by atoms with E-state index in [0.717, 1.165) is 38.0 Å². The fourth-order valence-corrected chi connectivity index (χ4v) is 3.73. The molecule has 2 aliphatic heterocycles. The molecule has 1 N–H and O–H groups in total. The molecular weight excluding hydrogens is 240 g/mol. The maximum absolute atomic E-state index is 5.64. The Morgan fingerprint density at radius 3 is 2.47 bits per heavy atom. The van der Waals surface area contributed by atoms with E-state index in [4.69, 9.17) is 9.47 Å². The predicted octanol–water partition coefficient (Wildman–Crippen LogP) is 1.71. The Morgan fingerprint density at radius 1 is 1.21 bits per heavy atom. The van der Waals surface area contributed by atoms with Crippen molar-refractivity contribution in [3.05, 3.63) is 0 Å². The third-order valence-corrected chi connectivity index (χ3v) is 4.86. The molecule has 0 radical (unpaired) electrons. The molecule has 2 saturated heterocycles. The number of rotatable bonds is 7. The summed E-state index contributed by atoms with van der Waals surface area (Å²) in [6, 6.07) is 0. The molecule has 0 saturated carbocycles. The summed E-state index contributed by atoms with van der Waals surface area (Å²) in [6.07, 6.45) is 0.933. The zero-order valence-electron chi connectivity index (χ0n) is 12.9. The maximum Gasteiger partial charge on any atom is 0.158 e. The van der Waals surface area contributed by atoms with E-state index < -0.39 is 0 Å². The van der Waals surface area contributed by atoms with Crippen molar-refractivity contribution in [2.75, 3.05) is 39.4 Å². The van der Waals surface area contributed by atoms with E-state index in [1.54, 1.807) is 0 Å². The van der Waals surface area contributed by atoms with E-state index in [1.165, 1.54) is 19.6 Å². The van der Waals surface area contributed by atoms with Crippen LogP contribution in [0.5, 0.6) is 0 Å². The Labute approximate surface area is 117 Å². The van der Waals surface area contributed by atoms with Crippen molar-refractivity contribution in [2.45, 2.75) is 45.9 Å². The molecule has 0 aromatic rings. The first-order valence-corrected chi connectivity index (χ1v) is 7.78. The highest BCUT2D eigenvalue weighted by Gasteiger charge is 2.49. The van der Waals surface area contributed by atoms with Crippen LogP contribution in [-0.4, -0.2) is 56.1 Å². The summed E-state index contributed by atoms with van der Waals surface area (Å²) in [4.78, 5) is 2.63. The SMILES string of the molecule is CCOC(CCN1CC2CNCC2C1(C)C)OCC. The number of hydrogen-bond donors (Lipinski definition) is 1. The lowest BCUT2D eigenvalue weighted by Crippen LogP contribution is -2.45. The van der Waals surface area contributed by atoms with E-state index >= 15 is 0 Å². The van der Waals surface area contributed by atoms with Gasteiger partial charge in [0.25, 0.3) is 0 Å². The van der Waals surface area contributed by atoms with Crippen LogP contribution in [0, 0.1) is 11.8 Å². The Hall–Kier alpha value is -0.160. The fraction of sp³-hybridized carbons (Fsp3) is 1.00. The smallest absolute Gasteiger partial charge is 0.158 e. The van der Waals surface area contributed by atoms with Crippen LogP contribution in [0.25, 0.3) is 0 Å². The third-order valence-electron chi connectivity index (χ3n) is 4.86. The molecule has 0 bridgehead atoms. The lowest BCUT2D eigenvalue weighted by molar-refractivity contribution is -0.143. The molecule has 0 aliphatic carbocycles. The molecule has 2 rings (SSSR count). The first kappa shape index (κ1) is 15.2. The second kappa shape index (κ2) is 6.53. The molecule has 0 aromatic heterocycles. The normalized spacial score (nSPS) is 30.2. The Morgan fingerprint density at radius 2 is 1.89 bits per heavy atom. The summed E-state index contributed by atoms with van der Waals surface area (Å²) in [5.74, 6) is 1.62. The van der Waals surface area contributed by atoms with Gasteiger partial charge in [0, 0.05) is 44.8 Å². The van der Waals surface area contributed by atoms with E-state index in [1.807, 2.05) is 13.8 Å². The van der Waals surface area contributed by atoms with Gasteiger partial charge < -0.3 is 14.8 Å². The lowest BCUT2D eigenvalue weighted by Gasteiger charge is -2.36. The summed E-state index contributed by atoms with van der Waals surface area (Å²) in [5.41, 5.74) is 0.303. The first-order valence-electron chi connectivity index (χ1n) is 7.78. The van der Waals surface area contributed by atoms with Crippen molar-refractivity contribution >= 4 is 0 Å². The van der Waals surface area contributed by atoms with E-state index in [9.17, 15) is 0 Å². The number of nitrogens with one attached hydrogen (secondary N) is 1. The van der Waals surface area contributed by atoms with Crippen LogP contribution in [0.3, 0.4) is 0 Å². The highest BCUT2D eigenvalue weighted by atomic mass is 16.7. The monoisotopic (exact) mass is 270 g/mol. The predicted molar refractivity (Wildman–Crippen MR) is 77.2 cm³/mol. The third kappa shape index (κ3) is 3.30. The van der Waals surface area contributed by atoms with Crippen molar-refractivity contribution in [2.24, 2.45) is 11.8 Å². The van der Waals surface area contributed by atoms with Crippen LogP contribution in [0.15, 0.2) is 0 Å². The number of likely N-dealkylation sites (tertiary alicyclic amines) is 1. The second-order valence-electron chi connectivity index (χ2n) is 6.25. The average Bonchev–Trinajstić information content (AvgIpc) is 2.90. The van der Waals surface area contributed by atoms with E-state index in [0.29, 0.717) is 5.54 Å². The van der Waals surface area contributed by atoms with E-state index in [2.05, 4.69) is 24.1 Å². The zero-order valence-corrected chi connectivity index (χ0v) is 12.9. The molecule has 2 unspecified atom stereocenters. The van der Waals surface area contributed by atoms with Gasteiger partial charge in [-0.2, -0.15) is 0 Å². The largest absolute Gasteiger partial charge is 0.353 e. The summed E-state index contributed by atoms with van der Waals surface area (Å²) in [7, 11) is 0. The van der Waals surface area contributed by atoms with Crippen LogP contribution in [0.2, 0.25) is 0 Å². The molecular formula is C15H30N2O2. The van der Waals surface area contributed by atoms with Gasteiger partial charge in [-0.25, -0.2) is 0 Å². The van der Waals surface area contributed by atoms with Crippen molar-refractivity contribution in [3.8, 4) is 0 Å². The van der Waals surface area contributed by atoms with E-state index in [-0.39, 0.29) is 6.29 Å². The van der Waals surface area contributed by atoms with Crippen LogP contribution >= 0.6 is 0 Å². The molecule has 4 nitrogen and oxygen atoms in total. The minimum absolute atomic E-state index is 0.0376. The maximum atomic E-state index is 5.64. The van der Waals surface area contributed by atoms with Crippen molar-refractivity contribution in [1.29, 1.82) is 0 Å². The molecule has 2 aliphatic rings. The van der Waals surface area contributed by atoms with Crippen molar-refractivity contribution in [3.63, 3.8) is 0 Å². The molecule has 2 fully saturated rings. The highest BCUT2D eigenvalue weighted by Crippen LogP contribution is 2.40. The number of hydrogen-bond acceptors (Lipinski definition) is 4. The van der Waals surface area contributed by atoms with Gasteiger partial charge in [-0.3, -0.25) is 4.90 Å². The Bertz CT molecular complexity index is 277. The fourth-order valence-electron chi connectivity index (χ4n) is 3.73. The Balaban J connectivity index is 1.85. The van der Waals surface area contributed by atoms with Gasteiger partial charge in [-0.1, -0.05) is 0 Å². The molecule has 2 heterocycles.